The molecule has 1 saturated carbocycles. The van der Waals surface area contributed by atoms with Crippen molar-refractivity contribution in [2.24, 2.45) is 0 Å². The van der Waals surface area contributed by atoms with E-state index in [9.17, 15) is 9.59 Å². The van der Waals surface area contributed by atoms with Gasteiger partial charge in [0.2, 0.25) is 0 Å². The molecule has 148 valence electrons. The molecule has 8 nitrogen and oxygen atoms in total. The van der Waals surface area contributed by atoms with Gasteiger partial charge in [-0.1, -0.05) is 21.1 Å². The van der Waals surface area contributed by atoms with E-state index in [1.165, 1.54) is 7.11 Å². The van der Waals surface area contributed by atoms with Crippen LogP contribution in [0.15, 0.2) is 53.0 Å². The molecule has 1 aliphatic carbocycles. The van der Waals surface area contributed by atoms with Crippen LogP contribution < -0.4 is 10.6 Å². The second-order valence-corrected chi connectivity index (χ2v) is 7.55. The molecule has 1 aromatic heterocycles. The third-order valence-electron chi connectivity index (χ3n) is 4.53. The van der Waals surface area contributed by atoms with Crippen LogP contribution >= 0.6 is 15.9 Å². The molecule has 0 radical (unpaired) electrons. The molecule has 3 aromatic rings. The zero-order valence-corrected chi connectivity index (χ0v) is 17.1. The molecule has 29 heavy (non-hydrogen) atoms. The smallest absolute Gasteiger partial charge is 0.411 e. The zero-order valence-electron chi connectivity index (χ0n) is 15.6. The Kier molecular flexibility index (Phi) is 5.30. The summed E-state index contributed by atoms with van der Waals surface area (Å²) in [7, 11) is 1.29. The van der Waals surface area contributed by atoms with Crippen molar-refractivity contribution in [3.05, 3.63) is 64.4 Å². The molecule has 9 heteroatoms. The van der Waals surface area contributed by atoms with E-state index in [4.69, 9.17) is 0 Å². The summed E-state index contributed by atoms with van der Waals surface area (Å²) in [6.07, 6.45) is 1.47. The first kappa shape index (κ1) is 19.1. The molecule has 1 aliphatic rings. The maximum absolute atomic E-state index is 12.9. The van der Waals surface area contributed by atoms with Crippen LogP contribution in [-0.2, 0) is 4.74 Å². The summed E-state index contributed by atoms with van der Waals surface area (Å²) in [5.74, 6) is -0.0371. The molecule has 2 amide bonds. The van der Waals surface area contributed by atoms with Crippen molar-refractivity contribution in [2.45, 2.75) is 18.8 Å². The maximum Gasteiger partial charge on any atom is 0.411 e. The van der Waals surface area contributed by atoms with E-state index in [0.29, 0.717) is 17.1 Å². The highest BCUT2D eigenvalue weighted by molar-refractivity contribution is 9.10. The zero-order chi connectivity index (χ0) is 20.4. The standard InChI is InChI=1S/C20H18BrN5O3/c1-29-20(28)23-15-8-6-14(7-9-15)22-19(27)17-18(12-2-3-12)26(25-24-17)16-10-4-13(21)5-11-16/h4-12H,2-3H2,1H3,(H,22,27)(H,23,28). The summed E-state index contributed by atoms with van der Waals surface area (Å²) in [6.45, 7) is 0. The van der Waals surface area contributed by atoms with Crippen molar-refractivity contribution in [2.75, 3.05) is 17.7 Å². The lowest BCUT2D eigenvalue weighted by Crippen LogP contribution is -2.15. The van der Waals surface area contributed by atoms with Crippen molar-refractivity contribution in [3.63, 3.8) is 0 Å². The Bertz CT molecular complexity index is 1040. The van der Waals surface area contributed by atoms with E-state index in [0.717, 1.165) is 28.7 Å². The van der Waals surface area contributed by atoms with Crippen LogP contribution in [0.5, 0.6) is 0 Å². The number of hydrogen-bond acceptors (Lipinski definition) is 5. The average Bonchev–Trinajstić information content (AvgIpc) is 3.47. The van der Waals surface area contributed by atoms with E-state index in [-0.39, 0.29) is 11.8 Å². The van der Waals surface area contributed by atoms with Gasteiger partial charge >= 0.3 is 6.09 Å². The molecule has 0 atom stereocenters. The Morgan fingerprint density at radius 1 is 1.03 bits per heavy atom. The third kappa shape index (κ3) is 4.29. The third-order valence-corrected chi connectivity index (χ3v) is 5.06. The predicted octanol–water partition coefficient (Wildman–Crippen LogP) is 4.34. The van der Waals surface area contributed by atoms with E-state index >= 15 is 0 Å². The minimum Gasteiger partial charge on any atom is -0.453 e. The van der Waals surface area contributed by atoms with Crippen molar-refractivity contribution >= 4 is 39.3 Å². The van der Waals surface area contributed by atoms with Crippen molar-refractivity contribution in [3.8, 4) is 5.69 Å². The van der Waals surface area contributed by atoms with Crippen LogP contribution in [0.3, 0.4) is 0 Å². The molecule has 2 N–H and O–H groups in total. The van der Waals surface area contributed by atoms with Crippen LogP contribution in [0, 0.1) is 0 Å². The molecule has 1 fully saturated rings. The fourth-order valence-corrected chi connectivity index (χ4v) is 3.21. The van der Waals surface area contributed by atoms with Gasteiger partial charge in [-0.05, 0) is 61.4 Å². The molecule has 0 saturated heterocycles. The number of nitrogens with zero attached hydrogens (tertiary/aromatic N) is 3. The Hall–Kier alpha value is -3.20. The van der Waals surface area contributed by atoms with Gasteiger partial charge in [0.05, 0.1) is 18.5 Å². The van der Waals surface area contributed by atoms with E-state index in [2.05, 4.69) is 41.6 Å². The number of amides is 2. The van der Waals surface area contributed by atoms with Crippen molar-refractivity contribution < 1.29 is 14.3 Å². The monoisotopic (exact) mass is 455 g/mol. The Morgan fingerprint density at radius 2 is 1.66 bits per heavy atom. The van der Waals surface area contributed by atoms with Gasteiger partial charge in [0.25, 0.3) is 5.91 Å². The maximum atomic E-state index is 12.9. The summed E-state index contributed by atoms with van der Waals surface area (Å²) in [5, 5.41) is 13.8. The second kappa shape index (κ2) is 8.04. The quantitative estimate of drug-likeness (QED) is 0.596. The molecule has 0 spiro atoms. The molecular weight excluding hydrogens is 438 g/mol. The van der Waals surface area contributed by atoms with Crippen LogP contribution in [0.4, 0.5) is 16.2 Å². The van der Waals surface area contributed by atoms with Gasteiger partial charge in [-0.2, -0.15) is 0 Å². The average molecular weight is 456 g/mol. The largest absolute Gasteiger partial charge is 0.453 e. The van der Waals surface area contributed by atoms with Gasteiger partial charge in [-0.15, -0.1) is 5.10 Å². The topological polar surface area (TPSA) is 98.1 Å². The number of methoxy groups -OCH3 is 1. The van der Waals surface area contributed by atoms with E-state index < -0.39 is 6.09 Å². The molecule has 2 aromatic carbocycles. The first-order valence-electron chi connectivity index (χ1n) is 9.03. The normalized spacial score (nSPS) is 13.0. The van der Waals surface area contributed by atoms with Gasteiger partial charge in [0.15, 0.2) is 5.69 Å². The number of benzene rings is 2. The number of halogens is 1. The lowest BCUT2D eigenvalue weighted by molar-refractivity contribution is 0.102. The predicted molar refractivity (Wildman–Crippen MR) is 111 cm³/mol. The summed E-state index contributed by atoms with van der Waals surface area (Å²) in [5.41, 5.74) is 3.17. The van der Waals surface area contributed by atoms with Crippen LogP contribution in [0.1, 0.15) is 34.9 Å². The highest BCUT2D eigenvalue weighted by atomic mass is 79.9. The summed E-state index contributed by atoms with van der Waals surface area (Å²) < 4.78 is 7.26. The van der Waals surface area contributed by atoms with E-state index in [1.54, 1.807) is 28.9 Å². The van der Waals surface area contributed by atoms with Crippen molar-refractivity contribution in [1.82, 2.24) is 15.0 Å². The first-order valence-corrected chi connectivity index (χ1v) is 9.82. The number of rotatable bonds is 5. The minimum absolute atomic E-state index is 0.279. The number of carbonyl (C=O) groups is 2. The Morgan fingerprint density at radius 3 is 2.24 bits per heavy atom. The fourth-order valence-electron chi connectivity index (χ4n) is 2.94. The Labute approximate surface area is 175 Å². The second-order valence-electron chi connectivity index (χ2n) is 6.63. The van der Waals surface area contributed by atoms with Crippen molar-refractivity contribution in [1.29, 1.82) is 0 Å². The number of anilines is 2. The lowest BCUT2D eigenvalue weighted by atomic mass is 10.2. The molecule has 0 unspecified atom stereocenters. The van der Waals surface area contributed by atoms with Crippen LogP contribution in [0.25, 0.3) is 5.69 Å². The molecule has 0 aliphatic heterocycles. The highest BCUT2D eigenvalue weighted by Gasteiger charge is 2.34. The van der Waals surface area contributed by atoms with Gasteiger partial charge < -0.3 is 10.1 Å². The van der Waals surface area contributed by atoms with Gasteiger partial charge in [0.1, 0.15) is 0 Å². The van der Waals surface area contributed by atoms with E-state index in [1.807, 2.05) is 24.3 Å². The Balaban J connectivity index is 1.54. The number of carbonyl (C=O) groups excluding carboxylic acids is 2. The SMILES string of the molecule is COC(=O)Nc1ccc(NC(=O)c2nnn(-c3ccc(Br)cc3)c2C2CC2)cc1. The molecule has 0 bridgehead atoms. The lowest BCUT2D eigenvalue weighted by Gasteiger charge is -2.09. The van der Waals surface area contributed by atoms with Gasteiger partial charge in [0, 0.05) is 21.8 Å². The number of hydrogen-bond donors (Lipinski definition) is 2. The summed E-state index contributed by atoms with van der Waals surface area (Å²) in [4.78, 5) is 24.1. The molecular formula is C20H18BrN5O3. The van der Waals surface area contributed by atoms with Crippen LogP contribution in [-0.4, -0.2) is 34.1 Å². The molecule has 1 heterocycles. The fraction of sp³-hybridized carbons (Fsp3) is 0.200. The molecule has 4 rings (SSSR count). The summed E-state index contributed by atoms with van der Waals surface area (Å²) >= 11 is 3.43. The van der Waals surface area contributed by atoms with Gasteiger partial charge in [-0.3, -0.25) is 10.1 Å². The van der Waals surface area contributed by atoms with Gasteiger partial charge in [-0.25, -0.2) is 9.48 Å². The number of aromatic nitrogens is 3. The minimum atomic E-state index is -0.555. The number of ether oxygens (including phenoxy) is 1. The highest BCUT2D eigenvalue weighted by Crippen LogP contribution is 2.42. The summed E-state index contributed by atoms with van der Waals surface area (Å²) in [6, 6.07) is 14.5. The van der Waals surface area contributed by atoms with Crippen LogP contribution in [0.2, 0.25) is 0 Å². The first-order chi connectivity index (χ1) is 14.0. The number of nitrogens with one attached hydrogen (secondary N) is 2.